The van der Waals surface area contributed by atoms with Crippen molar-refractivity contribution in [3.8, 4) is 11.4 Å². The molecule has 8 nitrogen and oxygen atoms in total. The number of aromatic nitrogens is 3. The number of imidazole rings is 1. The molecule has 0 saturated carbocycles. The summed E-state index contributed by atoms with van der Waals surface area (Å²) in [4.78, 5) is 33.7. The lowest BCUT2D eigenvalue weighted by Crippen LogP contribution is -2.14. The number of nitrogens with zero attached hydrogens (tertiary/aromatic N) is 1. The zero-order valence-electron chi connectivity index (χ0n) is 15.8. The van der Waals surface area contributed by atoms with Crippen molar-refractivity contribution in [2.75, 3.05) is 22.9 Å². The lowest BCUT2D eigenvalue weighted by atomic mass is 10.1. The molecule has 0 aliphatic heterocycles. The largest absolute Gasteiger partial charge is 0.397 e. The number of benzene rings is 2. The summed E-state index contributed by atoms with van der Waals surface area (Å²) in [6, 6.07) is 12.8. The molecule has 0 unspecified atom stereocenters. The summed E-state index contributed by atoms with van der Waals surface area (Å²) >= 11 is 6.04. The Morgan fingerprint density at radius 1 is 1.17 bits per heavy atom. The second-order valence-electron chi connectivity index (χ2n) is 6.71. The van der Waals surface area contributed by atoms with Crippen LogP contribution in [0.25, 0.3) is 22.4 Å². The number of nitrogen functional groups attached to an aromatic ring is 1. The Labute approximate surface area is 176 Å². The van der Waals surface area contributed by atoms with E-state index in [1.807, 2.05) is 24.3 Å². The van der Waals surface area contributed by atoms with E-state index in [1.54, 1.807) is 24.4 Å². The van der Waals surface area contributed by atoms with Crippen molar-refractivity contribution in [1.82, 2.24) is 15.0 Å². The maximum atomic E-state index is 12.6. The molecular weight excluding hydrogens is 404 g/mol. The molecule has 6 N–H and O–H groups in total. The first-order chi connectivity index (χ1) is 14.5. The van der Waals surface area contributed by atoms with Gasteiger partial charge in [-0.25, -0.2) is 4.98 Å². The number of pyridine rings is 1. The number of nitrogens with two attached hydrogens (primary N) is 1. The molecule has 1 amide bonds. The molecule has 2 aromatic heterocycles. The summed E-state index contributed by atoms with van der Waals surface area (Å²) in [5.41, 5.74) is 9.90. The van der Waals surface area contributed by atoms with E-state index in [1.165, 1.54) is 0 Å². The van der Waals surface area contributed by atoms with Crippen molar-refractivity contribution in [2.45, 2.75) is 6.42 Å². The standard InChI is InChI=1S/C21H19ClN6O2/c22-13-3-1-2-12(8-13)4-6-24-15-5-7-25-21(30)19(15)20-27-17-9-14(23)16(26-11-29)10-18(17)28-20/h1-3,5,7-11H,4,6,23H2,(H,26,29)(H,27,28)(H2,24,25,30). The third-order valence-electron chi connectivity index (χ3n) is 4.68. The molecule has 0 spiro atoms. The number of anilines is 3. The first kappa shape index (κ1) is 19.5. The fourth-order valence-corrected chi connectivity index (χ4v) is 3.49. The molecule has 2 heterocycles. The number of fused-ring (bicyclic) bond motifs is 1. The summed E-state index contributed by atoms with van der Waals surface area (Å²) in [6.45, 7) is 0.609. The first-order valence-electron chi connectivity index (χ1n) is 9.25. The number of nitrogens with one attached hydrogen (secondary N) is 4. The van der Waals surface area contributed by atoms with Crippen LogP contribution >= 0.6 is 11.6 Å². The first-order valence-corrected chi connectivity index (χ1v) is 9.63. The van der Waals surface area contributed by atoms with Crippen LogP contribution in [0.15, 0.2) is 53.5 Å². The molecule has 9 heteroatoms. The molecule has 0 bridgehead atoms. The molecule has 4 aromatic rings. The molecule has 152 valence electrons. The van der Waals surface area contributed by atoms with Gasteiger partial charge in [0, 0.05) is 17.8 Å². The van der Waals surface area contributed by atoms with Gasteiger partial charge in [0.1, 0.15) is 11.4 Å². The van der Waals surface area contributed by atoms with Gasteiger partial charge in [-0.15, -0.1) is 0 Å². The fourth-order valence-electron chi connectivity index (χ4n) is 3.28. The highest BCUT2D eigenvalue weighted by Gasteiger charge is 2.15. The number of halogens is 1. The summed E-state index contributed by atoms with van der Waals surface area (Å²) in [7, 11) is 0. The molecule has 0 fully saturated rings. The van der Waals surface area contributed by atoms with Gasteiger partial charge in [-0.3, -0.25) is 9.59 Å². The molecule has 0 aliphatic carbocycles. The molecule has 0 aliphatic rings. The summed E-state index contributed by atoms with van der Waals surface area (Å²) < 4.78 is 0. The molecule has 4 rings (SSSR count). The van der Waals surface area contributed by atoms with Crippen molar-refractivity contribution in [3.05, 3.63) is 69.6 Å². The van der Waals surface area contributed by atoms with Crippen molar-refractivity contribution in [3.63, 3.8) is 0 Å². The maximum Gasteiger partial charge on any atom is 0.261 e. The molecule has 0 saturated heterocycles. The summed E-state index contributed by atoms with van der Waals surface area (Å²) in [6.07, 6.45) is 2.87. The highest BCUT2D eigenvalue weighted by atomic mass is 35.5. The normalized spacial score (nSPS) is 10.8. The van der Waals surface area contributed by atoms with Crippen LogP contribution in [0.4, 0.5) is 17.1 Å². The Balaban J connectivity index is 1.64. The second-order valence-corrected chi connectivity index (χ2v) is 7.14. The van der Waals surface area contributed by atoms with Crippen LogP contribution in [0.5, 0.6) is 0 Å². The minimum Gasteiger partial charge on any atom is -0.397 e. The Kier molecular flexibility index (Phi) is 5.40. The lowest BCUT2D eigenvalue weighted by molar-refractivity contribution is -0.105. The third-order valence-corrected chi connectivity index (χ3v) is 4.92. The topological polar surface area (TPSA) is 129 Å². The smallest absolute Gasteiger partial charge is 0.261 e. The zero-order valence-corrected chi connectivity index (χ0v) is 16.6. The third kappa shape index (κ3) is 3.99. The molecule has 2 aromatic carbocycles. The SMILES string of the molecule is Nc1cc2[nH]c(-c3c(NCCc4cccc(Cl)c4)cc[nH]c3=O)nc2cc1NC=O. The monoisotopic (exact) mass is 422 g/mol. The van der Waals surface area contributed by atoms with Gasteiger partial charge in [0.2, 0.25) is 6.41 Å². The van der Waals surface area contributed by atoms with Crippen LogP contribution < -0.4 is 21.9 Å². The molecule has 30 heavy (non-hydrogen) atoms. The highest BCUT2D eigenvalue weighted by Crippen LogP contribution is 2.28. The maximum absolute atomic E-state index is 12.6. The van der Waals surface area contributed by atoms with Crippen molar-refractivity contribution < 1.29 is 4.79 Å². The zero-order chi connectivity index (χ0) is 21.1. The number of hydrogen-bond donors (Lipinski definition) is 5. The number of carbonyl (C=O) groups excluding carboxylic acids is 1. The quantitative estimate of drug-likeness (QED) is 0.230. The average Bonchev–Trinajstić information content (AvgIpc) is 3.10. The van der Waals surface area contributed by atoms with Gasteiger partial charge in [0.25, 0.3) is 5.56 Å². The number of rotatable bonds is 7. The second kappa shape index (κ2) is 8.30. The average molecular weight is 423 g/mol. The minimum atomic E-state index is -0.277. The van der Waals surface area contributed by atoms with Crippen LogP contribution in [0.3, 0.4) is 0 Å². The summed E-state index contributed by atoms with van der Waals surface area (Å²) in [5.74, 6) is 0.403. The van der Waals surface area contributed by atoms with Gasteiger partial charge < -0.3 is 26.3 Å². The predicted molar refractivity (Wildman–Crippen MR) is 120 cm³/mol. The molecule has 0 atom stereocenters. The van der Waals surface area contributed by atoms with Crippen LogP contribution in [-0.4, -0.2) is 27.9 Å². The number of aromatic amines is 2. The van der Waals surface area contributed by atoms with Crippen molar-refractivity contribution in [1.29, 1.82) is 0 Å². The van der Waals surface area contributed by atoms with Gasteiger partial charge in [-0.2, -0.15) is 0 Å². The van der Waals surface area contributed by atoms with Crippen molar-refractivity contribution >= 4 is 46.1 Å². The Bertz CT molecular complexity index is 1280. The minimum absolute atomic E-state index is 0.277. The Morgan fingerprint density at radius 2 is 2.03 bits per heavy atom. The number of H-pyrrole nitrogens is 2. The predicted octanol–water partition coefficient (Wildman–Crippen LogP) is 3.38. The van der Waals surface area contributed by atoms with E-state index in [-0.39, 0.29) is 5.56 Å². The number of hydrogen-bond acceptors (Lipinski definition) is 5. The van der Waals surface area contributed by atoms with Crippen molar-refractivity contribution in [2.24, 2.45) is 0 Å². The van der Waals surface area contributed by atoms with Gasteiger partial charge in [0.15, 0.2) is 0 Å². The van der Waals surface area contributed by atoms with E-state index < -0.39 is 0 Å². The van der Waals surface area contributed by atoms with E-state index >= 15 is 0 Å². The van der Waals surface area contributed by atoms with Crippen LogP contribution in [-0.2, 0) is 11.2 Å². The van der Waals surface area contributed by atoms with Gasteiger partial charge in [-0.05, 0) is 42.3 Å². The molecular formula is C21H19ClN6O2. The highest BCUT2D eigenvalue weighted by molar-refractivity contribution is 6.30. The van der Waals surface area contributed by atoms with E-state index in [0.717, 1.165) is 12.0 Å². The van der Waals surface area contributed by atoms with Gasteiger partial charge >= 0.3 is 0 Å². The van der Waals surface area contributed by atoms with E-state index in [2.05, 4.69) is 25.6 Å². The van der Waals surface area contributed by atoms with Crippen LogP contribution in [0, 0.1) is 0 Å². The number of amides is 1. The Morgan fingerprint density at radius 3 is 2.83 bits per heavy atom. The lowest BCUT2D eigenvalue weighted by Gasteiger charge is -2.10. The van der Waals surface area contributed by atoms with E-state index in [4.69, 9.17) is 17.3 Å². The fraction of sp³-hybridized carbons (Fsp3) is 0.0952. The van der Waals surface area contributed by atoms with E-state index in [0.29, 0.717) is 57.5 Å². The molecule has 0 radical (unpaired) electrons. The van der Waals surface area contributed by atoms with Crippen LogP contribution in [0.2, 0.25) is 5.02 Å². The van der Waals surface area contributed by atoms with Crippen LogP contribution in [0.1, 0.15) is 5.56 Å². The van der Waals surface area contributed by atoms with Gasteiger partial charge in [0.05, 0.1) is 28.1 Å². The summed E-state index contributed by atoms with van der Waals surface area (Å²) in [5, 5.41) is 6.53. The van der Waals surface area contributed by atoms with Gasteiger partial charge in [-0.1, -0.05) is 23.7 Å². The Hall–Kier alpha value is -3.78. The van der Waals surface area contributed by atoms with E-state index in [9.17, 15) is 9.59 Å². The number of carbonyl (C=O) groups is 1.